The lowest BCUT2D eigenvalue weighted by Gasteiger charge is -2.10. The van der Waals surface area contributed by atoms with Crippen LogP contribution in [0.2, 0.25) is 0 Å². The van der Waals surface area contributed by atoms with Crippen LogP contribution in [0.1, 0.15) is 11.3 Å². The summed E-state index contributed by atoms with van der Waals surface area (Å²) >= 11 is 3.28. The van der Waals surface area contributed by atoms with Crippen LogP contribution in [0.3, 0.4) is 0 Å². The van der Waals surface area contributed by atoms with Crippen molar-refractivity contribution >= 4 is 31.8 Å². The van der Waals surface area contributed by atoms with Gasteiger partial charge in [-0.1, -0.05) is 6.07 Å². The molecule has 1 aromatic carbocycles. The van der Waals surface area contributed by atoms with E-state index in [9.17, 15) is 8.42 Å². The molecule has 0 unspecified atom stereocenters. The first-order chi connectivity index (χ1) is 8.79. The molecule has 0 saturated carbocycles. The molecule has 2 aromatic rings. The molecule has 0 radical (unpaired) electrons. The Hall–Kier alpha value is -1.34. The van der Waals surface area contributed by atoms with Crippen LogP contribution in [0.4, 0.5) is 5.82 Å². The predicted octanol–water partition coefficient (Wildman–Crippen LogP) is 2.60. The molecule has 0 bridgehead atoms. The van der Waals surface area contributed by atoms with Gasteiger partial charge in [0.05, 0.1) is 5.69 Å². The second-order valence-electron chi connectivity index (χ2n) is 4.33. The summed E-state index contributed by atoms with van der Waals surface area (Å²) in [6.07, 6.45) is 0. The molecule has 0 saturated heterocycles. The Morgan fingerprint density at radius 1 is 1.26 bits per heavy atom. The zero-order valence-corrected chi connectivity index (χ0v) is 13.2. The van der Waals surface area contributed by atoms with Crippen molar-refractivity contribution in [3.63, 3.8) is 0 Å². The fourth-order valence-corrected chi connectivity index (χ4v) is 3.99. The molecule has 0 atom stereocenters. The van der Waals surface area contributed by atoms with E-state index in [-0.39, 0.29) is 4.90 Å². The van der Waals surface area contributed by atoms with E-state index >= 15 is 0 Å². The smallest absolute Gasteiger partial charge is 0.264 e. The van der Waals surface area contributed by atoms with E-state index < -0.39 is 10.0 Å². The van der Waals surface area contributed by atoms with E-state index in [1.807, 2.05) is 6.92 Å². The van der Waals surface area contributed by atoms with Crippen LogP contribution >= 0.6 is 15.9 Å². The number of hydrogen-bond donors (Lipinski definition) is 1. The first-order valence-electron chi connectivity index (χ1n) is 5.59. The molecule has 1 aromatic heterocycles. The van der Waals surface area contributed by atoms with Crippen molar-refractivity contribution in [2.75, 3.05) is 4.72 Å². The summed E-state index contributed by atoms with van der Waals surface area (Å²) in [6.45, 7) is 3.71. The minimum atomic E-state index is -3.63. The normalized spacial score (nSPS) is 11.6. The quantitative estimate of drug-likeness (QED) is 0.931. The maximum absolute atomic E-state index is 12.3. The van der Waals surface area contributed by atoms with E-state index in [1.54, 1.807) is 38.2 Å². The molecule has 0 aliphatic heterocycles. The maximum atomic E-state index is 12.3. The standard InChI is InChI=1S/C12H14BrN3O2S/c1-8-4-5-11(10(13)6-8)19(17,18)15-12-7-9(2)14-16(12)3/h4-7,15H,1-3H3. The Labute approximate surface area is 120 Å². The molecule has 0 spiro atoms. The Balaban J connectivity index is 2.40. The predicted molar refractivity (Wildman–Crippen MR) is 77.6 cm³/mol. The van der Waals surface area contributed by atoms with Gasteiger partial charge in [-0.3, -0.25) is 9.40 Å². The molecule has 102 valence electrons. The largest absolute Gasteiger partial charge is 0.264 e. The lowest BCUT2D eigenvalue weighted by Crippen LogP contribution is -2.15. The number of aromatic nitrogens is 2. The SMILES string of the molecule is Cc1ccc(S(=O)(=O)Nc2cc(C)nn2C)c(Br)c1. The Morgan fingerprint density at radius 2 is 1.95 bits per heavy atom. The zero-order valence-electron chi connectivity index (χ0n) is 10.8. The van der Waals surface area contributed by atoms with Crippen LogP contribution < -0.4 is 4.72 Å². The number of nitrogens with one attached hydrogen (secondary N) is 1. The number of benzene rings is 1. The summed E-state index contributed by atoms with van der Waals surface area (Å²) in [5, 5.41) is 4.10. The number of rotatable bonds is 3. The molecule has 1 heterocycles. The van der Waals surface area contributed by atoms with E-state index in [0.29, 0.717) is 10.3 Å². The minimum absolute atomic E-state index is 0.206. The summed E-state index contributed by atoms with van der Waals surface area (Å²) in [5.74, 6) is 0.435. The summed E-state index contributed by atoms with van der Waals surface area (Å²) < 4.78 is 29.2. The third-order valence-electron chi connectivity index (χ3n) is 2.62. The molecule has 0 amide bonds. The number of nitrogens with zero attached hydrogens (tertiary/aromatic N) is 2. The average Bonchev–Trinajstić information content (AvgIpc) is 2.55. The van der Waals surface area contributed by atoms with E-state index in [0.717, 1.165) is 11.3 Å². The summed E-state index contributed by atoms with van der Waals surface area (Å²) in [7, 11) is -1.94. The highest BCUT2D eigenvalue weighted by Gasteiger charge is 2.19. The Kier molecular flexibility index (Phi) is 3.69. The average molecular weight is 344 g/mol. The van der Waals surface area contributed by atoms with Gasteiger partial charge in [-0.2, -0.15) is 5.10 Å². The van der Waals surface area contributed by atoms with Crippen LogP contribution in [0.25, 0.3) is 0 Å². The van der Waals surface area contributed by atoms with Crippen molar-refractivity contribution < 1.29 is 8.42 Å². The fraction of sp³-hybridized carbons (Fsp3) is 0.250. The van der Waals surface area contributed by atoms with Gasteiger partial charge in [0.1, 0.15) is 10.7 Å². The highest BCUT2D eigenvalue weighted by Crippen LogP contribution is 2.25. The first-order valence-corrected chi connectivity index (χ1v) is 7.87. The van der Waals surface area contributed by atoms with Gasteiger partial charge < -0.3 is 0 Å². The molecule has 0 aliphatic rings. The van der Waals surface area contributed by atoms with E-state index in [1.165, 1.54) is 4.68 Å². The number of aryl methyl sites for hydroxylation is 3. The first kappa shape index (κ1) is 14.1. The summed E-state index contributed by atoms with van der Waals surface area (Å²) in [5.41, 5.74) is 1.74. The molecular formula is C12H14BrN3O2S. The van der Waals surface area contributed by atoms with Crippen molar-refractivity contribution in [1.82, 2.24) is 9.78 Å². The second-order valence-corrected chi connectivity index (χ2v) is 6.84. The van der Waals surface area contributed by atoms with Crippen molar-refractivity contribution in [3.8, 4) is 0 Å². The monoisotopic (exact) mass is 343 g/mol. The number of anilines is 1. The topological polar surface area (TPSA) is 64.0 Å². The molecule has 19 heavy (non-hydrogen) atoms. The van der Waals surface area contributed by atoms with Crippen LogP contribution in [-0.4, -0.2) is 18.2 Å². The summed E-state index contributed by atoms with van der Waals surface area (Å²) in [6, 6.07) is 6.78. The lowest BCUT2D eigenvalue weighted by molar-refractivity contribution is 0.599. The highest BCUT2D eigenvalue weighted by atomic mass is 79.9. The van der Waals surface area contributed by atoms with Crippen molar-refractivity contribution in [2.45, 2.75) is 18.7 Å². The Morgan fingerprint density at radius 3 is 2.47 bits per heavy atom. The molecule has 7 heteroatoms. The van der Waals surface area contributed by atoms with Crippen LogP contribution in [-0.2, 0) is 17.1 Å². The highest BCUT2D eigenvalue weighted by molar-refractivity contribution is 9.10. The zero-order chi connectivity index (χ0) is 14.2. The van der Waals surface area contributed by atoms with Crippen molar-refractivity contribution in [2.24, 2.45) is 7.05 Å². The van der Waals surface area contributed by atoms with E-state index in [4.69, 9.17) is 0 Å². The third kappa shape index (κ3) is 2.98. The van der Waals surface area contributed by atoms with Gasteiger partial charge in [-0.15, -0.1) is 0 Å². The van der Waals surface area contributed by atoms with Gasteiger partial charge in [0.15, 0.2) is 0 Å². The fourth-order valence-electron chi connectivity index (χ4n) is 1.72. The van der Waals surface area contributed by atoms with Gasteiger partial charge in [0.25, 0.3) is 10.0 Å². The van der Waals surface area contributed by atoms with Crippen molar-refractivity contribution in [3.05, 3.63) is 40.0 Å². The van der Waals surface area contributed by atoms with Gasteiger partial charge in [-0.25, -0.2) is 8.42 Å². The van der Waals surface area contributed by atoms with Gasteiger partial charge in [0.2, 0.25) is 0 Å². The van der Waals surface area contributed by atoms with Crippen LogP contribution in [0.15, 0.2) is 33.6 Å². The number of sulfonamides is 1. The van der Waals surface area contributed by atoms with Crippen molar-refractivity contribution in [1.29, 1.82) is 0 Å². The van der Waals surface area contributed by atoms with E-state index in [2.05, 4.69) is 25.8 Å². The minimum Gasteiger partial charge on any atom is -0.264 e. The number of halogens is 1. The Bertz CT molecular complexity index is 723. The molecule has 0 fully saturated rings. The van der Waals surface area contributed by atoms with Gasteiger partial charge in [0, 0.05) is 17.6 Å². The van der Waals surface area contributed by atoms with Crippen LogP contribution in [0.5, 0.6) is 0 Å². The maximum Gasteiger partial charge on any atom is 0.264 e. The molecule has 2 rings (SSSR count). The molecule has 1 N–H and O–H groups in total. The molecular weight excluding hydrogens is 330 g/mol. The van der Waals surface area contributed by atoms with Crippen LogP contribution in [0, 0.1) is 13.8 Å². The summed E-state index contributed by atoms with van der Waals surface area (Å²) in [4.78, 5) is 0.206. The molecule has 0 aliphatic carbocycles. The molecule has 5 nitrogen and oxygen atoms in total. The second kappa shape index (κ2) is 4.97. The van der Waals surface area contributed by atoms with Gasteiger partial charge in [-0.05, 0) is 47.5 Å². The lowest BCUT2D eigenvalue weighted by atomic mass is 10.2. The van der Waals surface area contributed by atoms with Gasteiger partial charge >= 0.3 is 0 Å². The number of hydrogen-bond acceptors (Lipinski definition) is 3. The third-order valence-corrected chi connectivity index (χ3v) is 4.95.